The molecule has 0 aromatic carbocycles. The lowest BCUT2D eigenvalue weighted by atomic mass is 9.86. The monoisotopic (exact) mass is 196 g/mol. The van der Waals surface area contributed by atoms with Gasteiger partial charge in [-0.3, -0.25) is 4.90 Å². The minimum Gasteiger partial charge on any atom is -0.304 e. The van der Waals surface area contributed by atoms with Crippen molar-refractivity contribution in [3.8, 4) is 0 Å². The molecule has 1 aliphatic carbocycles. The van der Waals surface area contributed by atoms with Crippen molar-refractivity contribution in [3.63, 3.8) is 0 Å². The van der Waals surface area contributed by atoms with Crippen LogP contribution in [0.2, 0.25) is 0 Å². The van der Waals surface area contributed by atoms with Crippen molar-refractivity contribution in [1.82, 2.24) is 9.80 Å². The normalized spacial score (nSPS) is 37.3. The molecular weight excluding hydrogens is 172 g/mol. The van der Waals surface area contributed by atoms with Gasteiger partial charge in [0.1, 0.15) is 0 Å². The Morgan fingerprint density at radius 1 is 1.00 bits per heavy atom. The zero-order chi connectivity index (χ0) is 9.97. The molecule has 2 aliphatic rings. The lowest BCUT2D eigenvalue weighted by Crippen LogP contribution is -2.50. The predicted molar refractivity (Wildman–Crippen MR) is 60.5 cm³/mol. The number of rotatable bonds is 1. The van der Waals surface area contributed by atoms with Gasteiger partial charge < -0.3 is 4.90 Å². The number of hydrogen-bond donors (Lipinski definition) is 0. The van der Waals surface area contributed by atoms with Gasteiger partial charge in [-0.1, -0.05) is 19.8 Å². The SMILES string of the molecule is CC1CCCC(N2CCN(C)CC2)C1. The van der Waals surface area contributed by atoms with Gasteiger partial charge in [0, 0.05) is 32.2 Å². The second-order valence-corrected chi connectivity index (χ2v) is 5.26. The fraction of sp³-hybridized carbons (Fsp3) is 1.00. The standard InChI is InChI=1S/C12H24N2/c1-11-4-3-5-12(10-11)14-8-6-13(2)7-9-14/h11-12H,3-10H2,1-2H3. The Labute approximate surface area is 88.3 Å². The van der Waals surface area contributed by atoms with Crippen LogP contribution in [0.15, 0.2) is 0 Å². The largest absolute Gasteiger partial charge is 0.304 e. The van der Waals surface area contributed by atoms with Crippen LogP contribution in [-0.4, -0.2) is 49.1 Å². The van der Waals surface area contributed by atoms with Crippen molar-refractivity contribution in [2.24, 2.45) is 5.92 Å². The topological polar surface area (TPSA) is 6.48 Å². The van der Waals surface area contributed by atoms with E-state index in [0.29, 0.717) is 0 Å². The molecule has 1 saturated heterocycles. The van der Waals surface area contributed by atoms with Gasteiger partial charge in [-0.15, -0.1) is 0 Å². The molecule has 0 aromatic rings. The third kappa shape index (κ3) is 2.48. The van der Waals surface area contributed by atoms with E-state index in [1.54, 1.807) is 0 Å². The molecule has 0 N–H and O–H groups in total. The van der Waals surface area contributed by atoms with E-state index in [1.807, 2.05) is 0 Å². The van der Waals surface area contributed by atoms with Gasteiger partial charge in [0.05, 0.1) is 0 Å². The average molecular weight is 196 g/mol. The molecule has 14 heavy (non-hydrogen) atoms. The highest BCUT2D eigenvalue weighted by Gasteiger charge is 2.26. The molecule has 2 unspecified atom stereocenters. The Bertz CT molecular complexity index is 173. The van der Waals surface area contributed by atoms with Crippen LogP contribution in [0.5, 0.6) is 0 Å². The second-order valence-electron chi connectivity index (χ2n) is 5.26. The van der Waals surface area contributed by atoms with Crippen molar-refractivity contribution in [2.75, 3.05) is 33.2 Å². The molecule has 2 atom stereocenters. The van der Waals surface area contributed by atoms with Crippen LogP contribution >= 0.6 is 0 Å². The fourth-order valence-electron chi connectivity index (χ4n) is 2.92. The van der Waals surface area contributed by atoms with Gasteiger partial charge in [-0.05, 0) is 25.8 Å². The third-order valence-electron chi connectivity index (χ3n) is 3.96. The van der Waals surface area contributed by atoms with Gasteiger partial charge in [0.25, 0.3) is 0 Å². The highest BCUT2D eigenvalue weighted by atomic mass is 15.3. The molecule has 1 saturated carbocycles. The summed E-state index contributed by atoms with van der Waals surface area (Å²) < 4.78 is 0. The van der Waals surface area contributed by atoms with Crippen LogP contribution in [0.25, 0.3) is 0 Å². The van der Waals surface area contributed by atoms with E-state index < -0.39 is 0 Å². The van der Waals surface area contributed by atoms with E-state index in [-0.39, 0.29) is 0 Å². The maximum Gasteiger partial charge on any atom is 0.0113 e. The van der Waals surface area contributed by atoms with Crippen LogP contribution in [-0.2, 0) is 0 Å². The summed E-state index contributed by atoms with van der Waals surface area (Å²) in [5.41, 5.74) is 0. The first-order valence-electron chi connectivity index (χ1n) is 6.18. The lowest BCUT2D eigenvalue weighted by molar-refractivity contribution is 0.0797. The summed E-state index contributed by atoms with van der Waals surface area (Å²) in [4.78, 5) is 5.18. The van der Waals surface area contributed by atoms with Gasteiger partial charge >= 0.3 is 0 Å². The van der Waals surface area contributed by atoms with E-state index in [2.05, 4.69) is 23.8 Å². The second kappa shape index (κ2) is 4.63. The van der Waals surface area contributed by atoms with E-state index >= 15 is 0 Å². The zero-order valence-electron chi connectivity index (χ0n) is 9.71. The molecule has 0 amide bonds. The summed E-state index contributed by atoms with van der Waals surface area (Å²) in [5, 5.41) is 0. The van der Waals surface area contributed by atoms with Gasteiger partial charge in [-0.2, -0.15) is 0 Å². The van der Waals surface area contributed by atoms with E-state index in [1.165, 1.54) is 51.9 Å². The van der Waals surface area contributed by atoms with Crippen LogP contribution in [0.1, 0.15) is 32.6 Å². The maximum absolute atomic E-state index is 2.73. The molecule has 82 valence electrons. The van der Waals surface area contributed by atoms with Crippen molar-refractivity contribution in [1.29, 1.82) is 0 Å². The Balaban J connectivity index is 1.82. The highest BCUT2D eigenvalue weighted by molar-refractivity contribution is 4.81. The first-order valence-corrected chi connectivity index (χ1v) is 6.18. The quantitative estimate of drug-likeness (QED) is 0.631. The van der Waals surface area contributed by atoms with Crippen LogP contribution < -0.4 is 0 Å². The van der Waals surface area contributed by atoms with E-state index in [9.17, 15) is 0 Å². The van der Waals surface area contributed by atoms with Crippen LogP contribution in [0, 0.1) is 5.92 Å². The van der Waals surface area contributed by atoms with Gasteiger partial charge in [-0.25, -0.2) is 0 Å². The van der Waals surface area contributed by atoms with Crippen molar-refractivity contribution in [3.05, 3.63) is 0 Å². The summed E-state index contributed by atoms with van der Waals surface area (Å²) in [6.45, 7) is 7.56. The van der Waals surface area contributed by atoms with Crippen molar-refractivity contribution in [2.45, 2.75) is 38.6 Å². The Hall–Kier alpha value is -0.0800. The highest BCUT2D eigenvalue weighted by Crippen LogP contribution is 2.27. The molecule has 2 nitrogen and oxygen atoms in total. The van der Waals surface area contributed by atoms with Crippen LogP contribution in [0.3, 0.4) is 0 Å². The number of piperazine rings is 1. The lowest BCUT2D eigenvalue weighted by Gasteiger charge is -2.41. The number of likely N-dealkylation sites (N-methyl/N-ethyl adjacent to an activating group) is 1. The van der Waals surface area contributed by atoms with Crippen molar-refractivity contribution < 1.29 is 0 Å². The molecule has 2 rings (SSSR count). The predicted octanol–water partition coefficient (Wildman–Crippen LogP) is 1.81. The molecule has 2 heteroatoms. The molecule has 0 aromatic heterocycles. The first-order chi connectivity index (χ1) is 6.75. The first kappa shape index (κ1) is 10.4. The maximum atomic E-state index is 2.73. The molecule has 0 spiro atoms. The molecule has 2 fully saturated rings. The molecule has 1 heterocycles. The minimum atomic E-state index is 0.910. The summed E-state index contributed by atoms with van der Waals surface area (Å²) in [5.74, 6) is 0.966. The molecule has 1 aliphatic heterocycles. The van der Waals surface area contributed by atoms with Crippen LogP contribution in [0.4, 0.5) is 0 Å². The van der Waals surface area contributed by atoms with Gasteiger partial charge in [0.15, 0.2) is 0 Å². The summed E-state index contributed by atoms with van der Waals surface area (Å²) in [6, 6.07) is 0.910. The fourth-order valence-corrected chi connectivity index (χ4v) is 2.92. The molecule has 0 radical (unpaired) electrons. The Kier molecular flexibility index (Phi) is 3.45. The third-order valence-corrected chi connectivity index (χ3v) is 3.96. The molecule has 0 bridgehead atoms. The average Bonchev–Trinajstić information content (AvgIpc) is 2.19. The number of nitrogens with zero attached hydrogens (tertiary/aromatic N) is 2. The zero-order valence-corrected chi connectivity index (χ0v) is 9.71. The summed E-state index contributed by atoms with van der Waals surface area (Å²) in [7, 11) is 2.24. The van der Waals surface area contributed by atoms with Crippen molar-refractivity contribution >= 4 is 0 Å². The number of hydrogen-bond acceptors (Lipinski definition) is 2. The molecular formula is C12H24N2. The smallest absolute Gasteiger partial charge is 0.0113 e. The summed E-state index contributed by atoms with van der Waals surface area (Å²) in [6.07, 6.45) is 5.82. The Morgan fingerprint density at radius 2 is 1.71 bits per heavy atom. The van der Waals surface area contributed by atoms with E-state index in [4.69, 9.17) is 0 Å². The van der Waals surface area contributed by atoms with Gasteiger partial charge in [0.2, 0.25) is 0 Å². The van der Waals surface area contributed by atoms with E-state index in [0.717, 1.165) is 12.0 Å². The Morgan fingerprint density at radius 3 is 2.36 bits per heavy atom. The summed E-state index contributed by atoms with van der Waals surface area (Å²) >= 11 is 0. The minimum absolute atomic E-state index is 0.910.